The Labute approximate surface area is 98.9 Å². The van der Waals surface area contributed by atoms with Gasteiger partial charge in [-0.3, -0.25) is 9.59 Å². The van der Waals surface area contributed by atoms with Gasteiger partial charge in [0.05, 0.1) is 0 Å². The molecule has 0 aliphatic carbocycles. The highest BCUT2D eigenvalue weighted by molar-refractivity contribution is 6.46. The molecule has 1 aliphatic heterocycles. The highest BCUT2D eigenvalue weighted by Gasteiger charge is 2.31. The molecule has 2 rings (SSSR count). The minimum Gasteiger partial charge on any atom is -0.293 e. The highest BCUT2D eigenvalue weighted by Crippen LogP contribution is 2.09. The molecule has 0 radical (unpaired) electrons. The number of aryl methyl sites for hydroxylation is 1. The molecular formula is C12H13N3O2. The van der Waals surface area contributed by atoms with E-state index in [-0.39, 0.29) is 17.3 Å². The Morgan fingerprint density at radius 3 is 2.47 bits per heavy atom. The number of rotatable bonds is 3. The van der Waals surface area contributed by atoms with Crippen molar-refractivity contribution in [2.75, 3.05) is 0 Å². The van der Waals surface area contributed by atoms with Gasteiger partial charge in [0.25, 0.3) is 0 Å². The van der Waals surface area contributed by atoms with Crippen molar-refractivity contribution in [1.29, 1.82) is 0 Å². The van der Waals surface area contributed by atoms with E-state index in [1.54, 1.807) is 12.1 Å². The Bertz CT molecular complexity index is 491. The third-order valence-corrected chi connectivity index (χ3v) is 2.62. The van der Waals surface area contributed by atoms with Crippen LogP contribution in [0, 0.1) is 6.92 Å². The maximum Gasteiger partial charge on any atom is 0.187 e. The summed E-state index contributed by atoms with van der Waals surface area (Å²) in [6, 6.07) is 6.51. The number of hydrazone groups is 1. The molecule has 2 N–H and O–H groups in total. The average Bonchev–Trinajstić information content (AvgIpc) is 2.78. The van der Waals surface area contributed by atoms with Crippen LogP contribution < -0.4 is 11.0 Å². The van der Waals surface area contributed by atoms with E-state index in [2.05, 4.69) is 16.1 Å². The fourth-order valence-electron chi connectivity index (χ4n) is 1.65. The third-order valence-electron chi connectivity index (χ3n) is 2.62. The summed E-state index contributed by atoms with van der Waals surface area (Å²) in [6.07, 6.45) is 0. The van der Waals surface area contributed by atoms with E-state index < -0.39 is 6.04 Å². The summed E-state index contributed by atoms with van der Waals surface area (Å²) in [5, 5.41) is 3.77. The lowest BCUT2D eigenvalue weighted by atomic mass is 9.98. The third kappa shape index (κ3) is 2.24. The van der Waals surface area contributed by atoms with Gasteiger partial charge in [-0.15, -0.1) is 0 Å². The number of hydrogen-bond donors (Lipinski definition) is 2. The molecule has 1 aromatic rings. The molecule has 17 heavy (non-hydrogen) atoms. The zero-order chi connectivity index (χ0) is 12.4. The quantitative estimate of drug-likeness (QED) is 0.747. The van der Waals surface area contributed by atoms with Crippen LogP contribution in [0.5, 0.6) is 0 Å². The SMILES string of the molecule is CC(=O)C1=NNNC1C(=O)c1ccc(C)cc1. The van der Waals surface area contributed by atoms with Gasteiger partial charge in [0.15, 0.2) is 11.6 Å². The van der Waals surface area contributed by atoms with E-state index in [0.717, 1.165) is 5.56 Å². The lowest BCUT2D eigenvalue weighted by Crippen LogP contribution is -2.43. The fraction of sp³-hybridized carbons (Fsp3) is 0.250. The topological polar surface area (TPSA) is 70.6 Å². The normalized spacial score (nSPS) is 18.5. The number of nitrogens with zero attached hydrogens (tertiary/aromatic N) is 1. The van der Waals surface area contributed by atoms with Crippen molar-refractivity contribution in [3.05, 3.63) is 35.4 Å². The molecule has 0 saturated heterocycles. The maximum absolute atomic E-state index is 12.1. The minimum atomic E-state index is -0.699. The molecule has 0 saturated carbocycles. The Hall–Kier alpha value is -2.01. The molecule has 0 spiro atoms. The first kappa shape index (κ1) is 11.5. The lowest BCUT2D eigenvalue weighted by molar-refractivity contribution is -0.111. The molecule has 1 unspecified atom stereocenters. The van der Waals surface area contributed by atoms with Crippen LogP contribution in [0.2, 0.25) is 0 Å². The number of Topliss-reactive ketones (excluding diaryl/α,β-unsaturated/α-hetero) is 2. The van der Waals surface area contributed by atoms with Crippen LogP contribution in [0.4, 0.5) is 0 Å². The van der Waals surface area contributed by atoms with Gasteiger partial charge < -0.3 is 0 Å². The van der Waals surface area contributed by atoms with Crippen LogP contribution in [0.3, 0.4) is 0 Å². The van der Waals surface area contributed by atoms with E-state index >= 15 is 0 Å². The molecule has 5 heteroatoms. The van der Waals surface area contributed by atoms with Crippen LogP contribution in [0.25, 0.3) is 0 Å². The average molecular weight is 231 g/mol. The summed E-state index contributed by atoms with van der Waals surface area (Å²) in [7, 11) is 0. The molecule has 5 nitrogen and oxygen atoms in total. The first-order chi connectivity index (χ1) is 8.09. The Balaban J connectivity index is 2.24. The zero-order valence-corrected chi connectivity index (χ0v) is 9.65. The summed E-state index contributed by atoms with van der Waals surface area (Å²) in [4.78, 5) is 23.4. The highest BCUT2D eigenvalue weighted by atomic mass is 16.1. The summed E-state index contributed by atoms with van der Waals surface area (Å²) in [6.45, 7) is 3.34. The molecule has 1 aromatic carbocycles. The van der Waals surface area contributed by atoms with Gasteiger partial charge in [-0.05, 0) is 6.92 Å². The van der Waals surface area contributed by atoms with E-state index in [4.69, 9.17) is 0 Å². The number of nitrogens with one attached hydrogen (secondary N) is 2. The molecule has 1 aliphatic rings. The second-order valence-corrected chi connectivity index (χ2v) is 3.97. The lowest BCUT2D eigenvalue weighted by Gasteiger charge is -2.09. The number of carbonyl (C=O) groups excluding carboxylic acids is 2. The van der Waals surface area contributed by atoms with Crippen LogP contribution >= 0.6 is 0 Å². The minimum absolute atomic E-state index is 0.163. The summed E-state index contributed by atoms with van der Waals surface area (Å²) in [5.74, 6) is -0.378. The molecule has 0 bridgehead atoms. The first-order valence-corrected chi connectivity index (χ1v) is 5.29. The summed E-state index contributed by atoms with van der Waals surface area (Å²) >= 11 is 0. The predicted molar refractivity (Wildman–Crippen MR) is 63.7 cm³/mol. The molecule has 1 atom stereocenters. The summed E-state index contributed by atoms with van der Waals surface area (Å²) in [5.41, 5.74) is 7.00. The van der Waals surface area contributed by atoms with Crippen molar-refractivity contribution in [2.24, 2.45) is 5.10 Å². The van der Waals surface area contributed by atoms with Crippen molar-refractivity contribution in [2.45, 2.75) is 19.9 Å². The van der Waals surface area contributed by atoms with Gasteiger partial charge >= 0.3 is 0 Å². The Kier molecular flexibility index (Phi) is 3.01. The molecule has 1 heterocycles. The number of ketones is 2. The molecular weight excluding hydrogens is 218 g/mol. The van der Waals surface area contributed by atoms with Crippen molar-refractivity contribution in [1.82, 2.24) is 11.0 Å². The van der Waals surface area contributed by atoms with E-state index in [1.807, 2.05) is 19.1 Å². The van der Waals surface area contributed by atoms with Crippen molar-refractivity contribution in [3.63, 3.8) is 0 Å². The second-order valence-electron chi connectivity index (χ2n) is 3.97. The van der Waals surface area contributed by atoms with Crippen LogP contribution in [0.1, 0.15) is 22.8 Å². The van der Waals surface area contributed by atoms with Crippen molar-refractivity contribution in [3.8, 4) is 0 Å². The Morgan fingerprint density at radius 1 is 1.24 bits per heavy atom. The Morgan fingerprint density at radius 2 is 1.88 bits per heavy atom. The number of benzene rings is 1. The standard InChI is InChI=1S/C12H13N3O2/c1-7-3-5-9(6-4-7)12(17)11-10(8(2)16)13-15-14-11/h3-6,11,14-15H,1-2H3. The van der Waals surface area contributed by atoms with Gasteiger partial charge in [0.1, 0.15) is 11.8 Å². The van der Waals surface area contributed by atoms with Gasteiger partial charge in [0.2, 0.25) is 0 Å². The van der Waals surface area contributed by atoms with E-state index in [1.165, 1.54) is 6.92 Å². The van der Waals surface area contributed by atoms with Gasteiger partial charge in [-0.1, -0.05) is 29.8 Å². The first-order valence-electron chi connectivity index (χ1n) is 5.29. The van der Waals surface area contributed by atoms with Gasteiger partial charge in [-0.2, -0.15) is 5.10 Å². The zero-order valence-electron chi connectivity index (χ0n) is 9.65. The molecule has 0 aromatic heterocycles. The number of hydrogen-bond acceptors (Lipinski definition) is 5. The maximum atomic E-state index is 12.1. The van der Waals surface area contributed by atoms with Gasteiger partial charge in [0, 0.05) is 12.5 Å². The van der Waals surface area contributed by atoms with E-state index in [9.17, 15) is 9.59 Å². The molecule has 0 amide bonds. The van der Waals surface area contributed by atoms with Crippen molar-refractivity contribution < 1.29 is 9.59 Å². The predicted octanol–water partition coefficient (Wildman–Crippen LogP) is 0.599. The summed E-state index contributed by atoms with van der Waals surface area (Å²) < 4.78 is 0. The van der Waals surface area contributed by atoms with E-state index in [0.29, 0.717) is 5.56 Å². The molecule has 0 fully saturated rings. The van der Waals surface area contributed by atoms with Crippen LogP contribution in [0.15, 0.2) is 29.4 Å². The monoisotopic (exact) mass is 231 g/mol. The number of carbonyl (C=O) groups is 2. The molecule has 88 valence electrons. The van der Waals surface area contributed by atoms with Crippen molar-refractivity contribution >= 4 is 17.3 Å². The number of hydrazine groups is 1. The fourth-order valence-corrected chi connectivity index (χ4v) is 1.65. The van der Waals surface area contributed by atoms with Crippen LogP contribution in [-0.2, 0) is 4.79 Å². The largest absolute Gasteiger partial charge is 0.293 e. The smallest absolute Gasteiger partial charge is 0.187 e. The van der Waals surface area contributed by atoms with Gasteiger partial charge in [-0.25, -0.2) is 11.0 Å². The van der Waals surface area contributed by atoms with Crippen LogP contribution in [-0.4, -0.2) is 23.3 Å². The second kappa shape index (κ2) is 4.47.